The van der Waals surface area contributed by atoms with Gasteiger partial charge in [-0.1, -0.05) is 57.0 Å². The normalized spacial score (nSPS) is 21.6. The van der Waals surface area contributed by atoms with Crippen molar-refractivity contribution in [1.82, 2.24) is 5.32 Å². The Morgan fingerprint density at radius 2 is 1.76 bits per heavy atom. The highest BCUT2D eigenvalue weighted by molar-refractivity contribution is 8.15. The van der Waals surface area contributed by atoms with Gasteiger partial charge in [-0.05, 0) is 49.3 Å². The van der Waals surface area contributed by atoms with Crippen molar-refractivity contribution in [3.05, 3.63) is 29.8 Å². The maximum Gasteiger partial charge on any atom is 0.240 e. The number of rotatable bonds is 5. The van der Waals surface area contributed by atoms with Crippen LogP contribution in [0.25, 0.3) is 0 Å². The molecular formula is C22H30N4O2S. The minimum atomic E-state index is -0.471. The Labute approximate surface area is 177 Å². The van der Waals surface area contributed by atoms with Crippen molar-refractivity contribution in [3.63, 3.8) is 0 Å². The Morgan fingerprint density at radius 1 is 1.10 bits per heavy atom. The van der Waals surface area contributed by atoms with Gasteiger partial charge in [-0.2, -0.15) is 5.10 Å². The highest BCUT2D eigenvalue weighted by Crippen LogP contribution is 2.24. The second-order valence-corrected chi connectivity index (χ2v) is 9.16. The Bertz CT molecular complexity index is 777. The number of nitrogens with zero attached hydrogens (tertiary/aromatic N) is 2. The van der Waals surface area contributed by atoms with E-state index in [0.717, 1.165) is 37.1 Å². The predicted octanol–water partition coefficient (Wildman–Crippen LogP) is 4.83. The van der Waals surface area contributed by atoms with Crippen LogP contribution in [0, 0.1) is 0 Å². The van der Waals surface area contributed by atoms with Gasteiger partial charge >= 0.3 is 0 Å². The van der Waals surface area contributed by atoms with Crippen LogP contribution in [0.1, 0.15) is 76.7 Å². The lowest BCUT2D eigenvalue weighted by atomic mass is 9.99. The molecule has 2 aliphatic rings. The number of thioether (sulfide) groups is 1. The number of amidine groups is 1. The molecule has 3 rings (SSSR count). The summed E-state index contributed by atoms with van der Waals surface area (Å²) in [6.45, 7) is 4.26. The van der Waals surface area contributed by atoms with E-state index in [0.29, 0.717) is 11.1 Å². The zero-order valence-corrected chi connectivity index (χ0v) is 18.1. The van der Waals surface area contributed by atoms with Gasteiger partial charge in [0.15, 0.2) is 5.17 Å². The standard InChI is InChI=1S/C22H30N4O2S/c1-15(2)16-10-12-17(13-11-16)23-20(27)14-19-21(28)24-22(29-19)26-25-18-8-6-4-3-5-7-9-18/h10-13,15,19H,3-9,14H2,1-2H3,(H,23,27)(H,24,26,28). The molecule has 2 fully saturated rings. The first kappa shape index (κ1) is 21.6. The van der Waals surface area contributed by atoms with Gasteiger partial charge in [-0.15, -0.1) is 5.10 Å². The molecule has 29 heavy (non-hydrogen) atoms. The molecule has 2 amide bonds. The zero-order chi connectivity index (χ0) is 20.6. The number of amides is 2. The molecule has 1 unspecified atom stereocenters. The molecule has 2 N–H and O–H groups in total. The van der Waals surface area contributed by atoms with E-state index in [4.69, 9.17) is 0 Å². The van der Waals surface area contributed by atoms with Gasteiger partial charge in [0.1, 0.15) is 5.25 Å². The van der Waals surface area contributed by atoms with E-state index in [1.54, 1.807) is 0 Å². The quantitative estimate of drug-likeness (QED) is 0.677. The van der Waals surface area contributed by atoms with Crippen molar-refractivity contribution in [2.24, 2.45) is 10.2 Å². The summed E-state index contributed by atoms with van der Waals surface area (Å²) in [5.74, 6) is 0.0847. The summed E-state index contributed by atoms with van der Waals surface area (Å²) in [6.07, 6.45) is 8.19. The van der Waals surface area contributed by atoms with Crippen LogP contribution < -0.4 is 10.6 Å². The van der Waals surface area contributed by atoms with Crippen LogP contribution in [-0.4, -0.2) is 27.9 Å². The van der Waals surface area contributed by atoms with Gasteiger partial charge < -0.3 is 10.6 Å². The van der Waals surface area contributed by atoms with E-state index in [9.17, 15) is 9.59 Å². The van der Waals surface area contributed by atoms with Crippen LogP contribution in [-0.2, 0) is 9.59 Å². The molecular weight excluding hydrogens is 384 g/mol. The molecule has 1 atom stereocenters. The van der Waals surface area contributed by atoms with Crippen molar-refractivity contribution in [1.29, 1.82) is 0 Å². The van der Waals surface area contributed by atoms with E-state index in [1.807, 2.05) is 24.3 Å². The van der Waals surface area contributed by atoms with Crippen LogP contribution in [0.4, 0.5) is 5.69 Å². The highest BCUT2D eigenvalue weighted by atomic mass is 32.2. The topological polar surface area (TPSA) is 82.9 Å². The molecule has 156 valence electrons. The molecule has 1 saturated heterocycles. The minimum absolute atomic E-state index is 0.109. The first-order valence-corrected chi connectivity index (χ1v) is 11.4. The van der Waals surface area contributed by atoms with Gasteiger partial charge in [-0.25, -0.2) is 0 Å². The van der Waals surface area contributed by atoms with Crippen molar-refractivity contribution in [2.75, 3.05) is 5.32 Å². The lowest BCUT2D eigenvalue weighted by Gasteiger charge is -2.09. The van der Waals surface area contributed by atoms with Gasteiger partial charge in [0.2, 0.25) is 11.8 Å². The zero-order valence-electron chi connectivity index (χ0n) is 17.2. The monoisotopic (exact) mass is 414 g/mol. The summed E-state index contributed by atoms with van der Waals surface area (Å²) < 4.78 is 0. The Morgan fingerprint density at radius 3 is 2.41 bits per heavy atom. The minimum Gasteiger partial charge on any atom is -0.326 e. The summed E-state index contributed by atoms with van der Waals surface area (Å²) >= 11 is 1.28. The third-order valence-corrected chi connectivity index (χ3v) is 6.29. The van der Waals surface area contributed by atoms with Crippen LogP contribution in [0.15, 0.2) is 34.5 Å². The molecule has 0 spiro atoms. The first-order valence-electron chi connectivity index (χ1n) is 10.5. The lowest BCUT2D eigenvalue weighted by Crippen LogP contribution is -2.28. The molecule has 1 heterocycles. The molecule has 1 aliphatic carbocycles. The second-order valence-electron chi connectivity index (χ2n) is 7.96. The molecule has 7 heteroatoms. The smallest absolute Gasteiger partial charge is 0.240 e. The molecule has 6 nitrogen and oxygen atoms in total. The Kier molecular flexibility index (Phi) is 7.86. The van der Waals surface area contributed by atoms with Crippen LogP contribution in [0.2, 0.25) is 0 Å². The molecule has 1 aliphatic heterocycles. The van der Waals surface area contributed by atoms with Gasteiger partial charge in [0, 0.05) is 17.8 Å². The van der Waals surface area contributed by atoms with Crippen molar-refractivity contribution >= 4 is 40.1 Å². The molecule has 1 aromatic carbocycles. The van der Waals surface area contributed by atoms with Gasteiger partial charge in [-0.3, -0.25) is 9.59 Å². The Hall–Kier alpha value is -2.15. The van der Waals surface area contributed by atoms with E-state index >= 15 is 0 Å². The maximum absolute atomic E-state index is 12.3. The molecule has 0 bridgehead atoms. The SMILES string of the molecule is CC(C)c1ccc(NC(=O)CC2S/C(=N\N=C3CCCCCCC3)NC2=O)cc1. The number of carbonyl (C=O) groups is 2. The number of hydrogen-bond acceptors (Lipinski definition) is 5. The van der Waals surface area contributed by atoms with Crippen molar-refractivity contribution < 1.29 is 9.59 Å². The number of hydrogen-bond donors (Lipinski definition) is 2. The summed E-state index contributed by atoms with van der Waals surface area (Å²) in [7, 11) is 0. The van der Waals surface area contributed by atoms with E-state index in [-0.39, 0.29) is 18.2 Å². The van der Waals surface area contributed by atoms with E-state index in [2.05, 4.69) is 34.7 Å². The molecule has 0 aromatic heterocycles. The van der Waals surface area contributed by atoms with Crippen molar-refractivity contribution in [2.45, 2.75) is 76.4 Å². The summed E-state index contributed by atoms with van der Waals surface area (Å²) in [5, 5.41) is 14.2. The van der Waals surface area contributed by atoms with Crippen molar-refractivity contribution in [3.8, 4) is 0 Å². The van der Waals surface area contributed by atoms with Crippen LogP contribution in [0.5, 0.6) is 0 Å². The summed E-state index contributed by atoms with van der Waals surface area (Å²) in [6, 6.07) is 7.81. The molecule has 0 radical (unpaired) electrons. The third kappa shape index (κ3) is 6.70. The lowest BCUT2D eigenvalue weighted by molar-refractivity contribution is -0.122. The predicted molar refractivity (Wildman–Crippen MR) is 120 cm³/mol. The number of nitrogens with one attached hydrogen (secondary N) is 2. The average Bonchev–Trinajstić information content (AvgIpc) is 3.00. The van der Waals surface area contributed by atoms with Gasteiger partial charge in [0.25, 0.3) is 0 Å². The number of benzene rings is 1. The van der Waals surface area contributed by atoms with E-state index in [1.165, 1.54) is 36.6 Å². The summed E-state index contributed by atoms with van der Waals surface area (Å²) in [5.41, 5.74) is 3.07. The largest absolute Gasteiger partial charge is 0.326 e. The third-order valence-electron chi connectivity index (χ3n) is 5.22. The fourth-order valence-electron chi connectivity index (χ4n) is 3.45. The second kappa shape index (κ2) is 10.6. The molecule has 1 aromatic rings. The fraction of sp³-hybridized carbons (Fsp3) is 0.545. The van der Waals surface area contributed by atoms with Crippen LogP contribution in [0.3, 0.4) is 0 Å². The first-order chi connectivity index (χ1) is 14.0. The molecule has 1 saturated carbocycles. The average molecular weight is 415 g/mol. The Balaban J connectivity index is 1.52. The number of carbonyl (C=O) groups excluding carboxylic acids is 2. The highest BCUT2D eigenvalue weighted by Gasteiger charge is 2.32. The summed E-state index contributed by atoms with van der Waals surface area (Å²) in [4.78, 5) is 24.5. The van der Waals surface area contributed by atoms with Crippen LogP contribution >= 0.6 is 11.8 Å². The van der Waals surface area contributed by atoms with Gasteiger partial charge in [0.05, 0.1) is 0 Å². The number of anilines is 1. The van der Waals surface area contributed by atoms with E-state index < -0.39 is 5.25 Å². The maximum atomic E-state index is 12.3. The fourth-order valence-corrected chi connectivity index (χ4v) is 4.37.